The van der Waals surface area contributed by atoms with E-state index in [-0.39, 0.29) is 10.9 Å². The number of hydrogen-bond acceptors (Lipinski definition) is 4. The predicted molar refractivity (Wildman–Crippen MR) is 76.4 cm³/mol. The van der Waals surface area contributed by atoms with Gasteiger partial charge in [0.15, 0.2) is 6.19 Å². The van der Waals surface area contributed by atoms with E-state index >= 15 is 0 Å². The second kappa shape index (κ2) is 5.81. The van der Waals surface area contributed by atoms with Crippen LogP contribution in [0.4, 0.5) is 0 Å². The molecule has 1 N–H and O–H groups in total. The molecule has 0 bridgehead atoms. The summed E-state index contributed by atoms with van der Waals surface area (Å²) >= 11 is 0. The largest absolute Gasteiger partial charge is 0.309 e. The van der Waals surface area contributed by atoms with Gasteiger partial charge < -0.3 is 4.90 Å². The van der Waals surface area contributed by atoms with Crippen molar-refractivity contribution in [2.75, 3.05) is 13.1 Å². The van der Waals surface area contributed by atoms with E-state index in [9.17, 15) is 8.42 Å². The van der Waals surface area contributed by atoms with Crippen molar-refractivity contribution in [3.8, 4) is 6.19 Å². The average molecular weight is 293 g/mol. The SMILES string of the molecule is CC(C)c1ccc(S(=O)(=O)NC2CCN(C#N)C2)cc1. The third-order valence-corrected chi connectivity index (χ3v) is 5.04. The summed E-state index contributed by atoms with van der Waals surface area (Å²) in [5.41, 5.74) is 1.11. The molecule has 0 amide bonds. The molecule has 6 heteroatoms. The molecule has 1 aromatic carbocycles. The Balaban J connectivity index is 2.09. The Morgan fingerprint density at radius 2 is 2.00 bits per heavy atom. The maximum atomic E-state index is 12.3. The first-order valence-electron chi connectivity index (χ1n) is 6.69. The molecule has 1 aliphatic heterocycles. The summed E-state index contributed by atoms with van der Waals surface area (Å²) < 4.78 is 27.2. The molecule has 1 saturated heterocycles. The lowest BCUT2D eigenvalue weighted by molar-refractivity contribution is 0.470. The lowest BCUT2D eigenvalue weighted by Crippen LogP contribution is -2.36. The van der Waals surface area contributed by atoms with Crippen molar-refractivity contribution in [1.29, 1.82) is 5.26 Å². The van der Waals surface area contributed by atoms with E-state index in [0.29, 0.717) is 25.4 Å². The third-order valence-electron chi connectivity index (χ3n) is 3.51. The smallest absolute Gasteiger partial charge is 0.240 e. The molecule has 1 atom stereocenters. The van der Waals surface area contributed by atoms with Gasteiger partial charge in [-0.25, -0.2) is 13.1 Å². The second-order valence-corrected chi connectivity index (χ2v) is 7.09. The van der Waals surface area contributed by atoms with E-state index in [1.807, 2.05) is 18.3 Å². The number of nitriles is 1. The fraction of sp³-hybridized carbons (Fsp3) is 0.500. The van der Waals surface area contributed by atoms with E-state index < -0.39 is 10.0 Å². The van der Waals surface area contributed by atoms with Crippen LogP contribution < -0.4 is 4.72 Å². The maximum absolute atomic E-state index is 12.3. The highest BCUT2D eigenvalue weighted by Crippen LogP contribution is 2.18. The zero-order valence-electron chi connectivity index (χ0n) is 11.7. The molecule has 1 aliphatic rings. The molecular weight excluding hydrogens is 274 g/mol. The van der Waals surface area contributed by atoms with Gasteiger partial charge in [-0.3, -0.25) is 0 Å². The van der Waals surface area contributed by atoms with Gasteiger partial charge >= 0.3 is 0 Å². The molecule has 0 saturated carbocycles. The quantitative estimate of drug-likeness (QED) is 0.857. The van der Waals surface area contributed by atoms with Crippen LogP contribution >= 0.6 is 0 Å². The van der Waals surface area contributed by atoms with Crippen molar-refractivity contribution in [3.05, 3.63) is 29.8 Å². The highest BCUT2D eigenvalue weighted by molar-refractivity contribution is 7.89. The van der Waals surface area contributed by atoms with Crippen LogP contribution in [0.1, 0.15) is 31.7 Å². The van der Waals surface area contributed by atoms with Crippen LogP contribution in [-0.2, 0) is 10.0 Å². The van der Waals surface area contributed by atoms with Crippen LogP contribution in [0.25, 0.3) is 0 Å². The molecular formula is C14H19N3O2S. The average Bonchev–Trinajstić information content (AvgIpc) is 2.85. The van der Waals surface area contributed by atoms with E-state index in [4.69, 9.17) is 5.26 Å². The van der Waals surface area contributed by atoms with Gasteiger partial charge in [-0.1, -0.05) is 26.0 Å². The van der Waals surface area contributed by atoms with Crippen molar-refractivity contribution in [2.24, 2.45) is 0 Å². The highest BCUT2D eigenvalue weighted by Gasteiger charge is 2.26. The van der Waals surface area contributed by atoms with Crippen LogP contribution in [0.3, 0.4) is 0 Å². The zero-order valence-corrected chi connectivity index (χ0v) is 12.5. The summed E-state index contributed by atoms with van der Waals surface area (Å²) in [6, 6.07) is 6.76. The summed E-state index contributed by atoms with van der Waals surface area (Å²) in [5, 5.41) is 8.78. The number of benzene rings is 1. The lowest BCUT2D eigenvalue weighted by atomic mass is 10.0. The van der Waals surface area contributed by atoms with Gasteiger partial charge in [-0.05, 0) is 30.0 Å². The summed E-state index contributed by atoms with van der Waals surface area (Å²) in [6.07, 6.45) is 2.70. The van der Waals surface area contributed by atoms with Gasteiger partial charge in [0.2, 0.25) is 10.0 Å². The summed E-state index contributed by atoms with van der Waals surface area (Å²) in [5.74, 6) is 0.374. The second-order valence-electron chi connectivity index (χ2n) is 5.38. The predicted octanol–water partition coefficient (Wildman–Crippen LogP) is 1.64. The van der Waals surface area contributed by atoms with Crippen molar-refractivity contribution < 1.29 is 8.42 Å². The molecule has 1 heterocycles. The molecule has 108 valence electrons. The van der Waals surface area contributed by atoms with Gasteiger partial charge in [-0.2, -0.15) is 5.26 Å². The van der Waals surface area contributed by atoms with Crippen molar-refractivity contribution in [1.82, 2.24) is 9.62 Å². The minimum Gasteiger partial charge on any atom is -0.309 e. The number of hydrogen-bond donors (Lipinski definition) is 1. The molecule has 0 spiro atoms. The molecule has 1 aromatic rings. The maximum Gasteiger partial charge on any atom is 0.240 e. The topological polar surface area (TPSA) is 73.2 Å². The van der Waals surface area contributed by atoms with E-state index in [1.165, 1.54) is 0 Å². The van der Waals surface area contributed by atoms with E-state index in [1.54, 1.807) is 17.0 Å². The van der Waals surface area contributed by atoms with Gasteiger partial charge in [0.05, 0.1) is 4.90 Å². The Hall–Kier alpha value is -1.58. The Bertz CT molecular complexity index is 602. The normalized spacial score (nSPS) is 19.3. The Morgan fingerprint density at radius 3 is 2.50 bits per heavy atom. The number of nitrogens with one attached hydrogen (secondary N) is 1. The summed E-state index contributed by atoms with van der Waals surface area (Å²) in [4.78, 5) is 1.84. The standard InChI is InChI=1S/C14H19N3O2S/c1-11(2)12-3-5-14(6-4-12)20(18,19)16-13-7-8-17(9-13)10-15/h3-6,11,13,16H,7-9H2,1-2H3. The Morgan fingerprint density at radius 1 is 1.35 bits per heavy atom. The van der Waals surface area contributed by atoms with Crippen molar-refractivity contribution >= 4 is 10.0 Å². The molecule has 2 rings (SSSR count). The molecule has 0 aliphatic carbocycles. The summed E-state index contributed by atoms with van der Waals surface area (Å²) in [7, 11) is -3.50. The molecule has 5 nitrogen and oxygen atoms in total. The number of nitrogens with zero attached hydrogens (tertiary/aromatic N) is 2. The van der Waals surface area contributed by atoms with Gasteiger partial charge in [0, 0.05) is 19.1 Å². The number of sulfonamides is 1. The van der Waals surface area contributed by atoms with Crippen molar-refractivity contribution in [2.45, 2.75) is 37.1 Å². The third kappa shape index (κ3) is 3.30. The van der Waals surface area contributed by atoms with Crippen LogP contribution in [0.5, 0.6) is 0 Å². The summed E-state index contributed by atoms with van der Waals surface area (Å²) in [6.45, 7) is 5.18. The lowest BCUT2D eigenvalue weighted by Gasteiger charge is -2.13. The van der Waals surface area contributed by atoms with E-state index in [2.05, 4.69) is 18.6 Å². The number of rotatable bonds is 4. The Labute approximate surface area is 120 Å². The minimum absolute atomic E-state index is 0.190. The number of likely N-dealkylation sites (tertiary alicyclic amines) is 1. The molecule has 1 fully saturated rings. The van der Waals surface area contributed by atoms with Gasteiger partial charge in [-0.15, -0.1) is 0 Å². The molecule has 20 heavy (non-hydrogen) atoms. The first-order valence-corrected chi connectivity index (χ1v) is 8.17. The molecule has 0 radical (unpaired) electrons. The Kier molecular flexibility index (Phi) is 4.31. The van der Waals surface area contributed by atoms with Crippen LogP contribution in [0.2, 0.25) is 0 Å². The van der Waals surface area contributed by atoms with Gasteiger partial charge in [0.1, 0.15) is 0 Å². The molecule has 0 aromatic heterocycles. The minimum atomic E-state index is -3.50. The molecule has 1 unspecified atom stereocenters. The van der Waals surface area contributed by atoms with Crippen LogP contribution in [0.15, 0.2) is 29.2 Å². The van der Waals surface area contributed by atoms with E-state index in [0.717, 1.165) is 5.56 Å². The first-order chi connectivity index (χ1) is 9.42. The first kappa shape index (κ1) is 14.8. The monoisotopic (exact) mass is 293 g/mol. The fourth-order valence-corrected chi connectivity index (χ4v) is 3.53. The fourth-order valence-electron chi connectivity index (χ4n) is 2.27. The van der Waals surface area contributed by atoms with Crippen LogP contribution in [-0.4, -0.2) is 32.4 Å². The van der Waals surface area contributed by atoms with Crippen LogP contribution in [0, 0.1) is 11.5 Å². The van der Waals surface area contributed by atoms with Crippen molar-refractivity contribution in [3.63, 3.8) is 0 Å². The zero-order chi connectivity index (χ0) is 14.8. The van der Waals surface area contributed by atoms with Gasteiger partial charge in [0.25, 0.3) is 0 Å². The highest BCUT2D eigenvalue weighted by atomic mass is 32.2.